The molecule has 37 heavy (non-hydrogen) atoms. The predicted molar refractivity (Wildman–Crippen MR) is 169 cm³/mol. The molecule has 0 radical (unpaired) electrons. The van der Waals surface area contributed by atoms with E-state index < -0.39 is 18.1 Å². The third kappa shape index (κ3) is 4.09. The minimum Gasteiger partial charge on any atom is -0.298 e. The van der Waals surface area contributed by atoms with Crippen LogP contribution in [0.5, 0.6) is 0 Å². The number of imidazole rings is 1. The lowest BCUT2D eigenvalue weighted by atomic mass is 10.1. The van der Waals surface area contributed by atoms with E-state index in [1.54, 1.807) is 0 Å². The van der Waals surface area contributed by atoms with Crippen molar-refractivity contribution in [2.45, 2.75) is 23.9 Å². The van der Waals surface area contributed by atoms with E-state index in [0.717, 1.165) is 28.9 Å². The zero-order chi connectivity index (χ0) is 26.1. The van der Waals surface area contributed by atoms with E-state index >= 15 is 0 Å². The highest BCUT2D eigenvalue weighted by molar-refractivity contribution is 8.33. The first-order valence-corrected chi connectivity index (χ1v) is 20.3. The Morgan fingerprint density at radius 3 is 2.16 bits per heavy atom. The van der Waals surface area contributed by atoms with Gasteiger partial charge in [0.25, 0.3) is 0 Å². The Morgan fingerprint density at radius 1 is 0.865 bits per heavy atom. The number of hydrogen-bond acceptors (Lipinski definition) is 4. The number of aldehydes is 1. The Morgan fingerprint density at radius 2 is 1.54 bits per heavy atom. The first kappa shape index (κ1) is 24.6. The Bertz CT molecular complexity index is 1800. The molecule has 7 heteroatoms. The van der Waals surface area contributed by atoms with Crippen molar-refractivity contribution >= 4 is 82.8 Å². The lowest BCUT2D eigenvalue weighted by molar-refractivity contribution is 0.112. The molecule has 0 atom stereocenters. The molecule has 3 aromatic heterocycles. The van der Waals surface area contributed by atoms with Crippen LogP contribution in [0.25, 0.3) is 48.3 Å². The number of hydrogen-bond donors (Lipinski definition) is 0. The first-order valence-electron chi connectivity index (χ1n) is 12.3. The number of aromatic nitrogens is 2. The minimum absolute atomic E-state index is 0.671. The molecule has 3 aromatic carbocycles. The number of para-hydroxylation sites is 1. The van der Waals surface area contributed by atoms with E-state index in [1.165, 1.54) is 34.4 Å². The van der Waals surface area contributed by atoms with Crippen LogP contribution >= 0.6 is 32.7 Å². The molecule has 0 amide bonds. The molecule has 188 valence electrons. The van der Waals surface area contributed by atoms with Gasteiger partial charge in [-0.2, -0.15) is 0 Å². The standard InChI is InChI=1S/C30H30N2OS3Si/c1-36(2,3)24-16-22-26-27(23-17-25(37(4,5)6)35-29(23)28(22)34-24)32(21-10-8-7-9-11-21)30(31-26)20-14-12-19(18-33)13-15-20/h7-18H,1-6H3. The lowest BCUT2D eigenvalue weighted by Gasteiger charge is -2.22. The number of nitrogens with zero attached hydrogens (tertiary/aromatic N) is 2. The zero-order valence-electron chi connectivity index (χ0n) is 22.0. The van der Waals surface area contributed by atoms with E-state index in [9.17, 15) is 4.79 Å². The van der Waals surface area contributed by atoms with Crippen molar-refractivity contribution in [2.24, 2.45) is 0 Å². The van der Waals surface area contributed by atoms with Gasteiger partial charge in [0, 0.05) is 31.8 Å². The van der Waals surface area contributed by atoms with E-state index in [2.05, 4.69) is 85.4 Å². The van der Waals surface area contributed by atoms with Crippen LogP contribution in [0.15, 0.2) is 70.9 Å². The monoisotopic (exact) mass is 558 g/mol. The summed E-state index contributed by atoms with van der Waals surface area (Å²) >= 11 is 3.95. The third-order valence-corrected chi connectivity index (χ3v) is 15.6. The molecule has 3 nitrogen and oxygen atoms in total. The molecule has 0 spiro atoms. The normalized spacial score (nSPS) is 13.1. The number of carbonyl (C=O) groups is 1. The number of thiophene rings is 2. The smallest absolute Gasteiger partial charge is 0.150 e. The van der Waals surface area contributed by atoms with Crippen LogP contribution in [0, 0.1) is 0 Å². The average Bonchev–Trinajstić information content (AvgIpc) is 3.58. The summed E-state index contributed by atoms with van der Waals surface area (Å²) in [6.45, 7) is 7.29. The van der Waals surface area contributed by atoms with Crippen molar-refractivity contribution in [3.63, 3.8) is 0 Å². The van der Waals surface area contributed by atoms with Crippen molar-refractivity contribution in [3.8, 4) is 17.1 Å². The molecule has 6 aromatic rings. The molecular weight excluding hydrogens is 529 g/mol. The molecule has 6 rings (SSSR count). The van der Waals surface area contributed by atoms with Crippen LogP contribution in [-0.2, 0) is 0 Å². The van der Waals surface area contributed by atoms with Gasteiger partial charge in [0.15, 0.2) is 0 Å². The summed E-state index contributed by atoms with van der Waals surface area (Å²) in [6, 6.07) is 23.2. The van der Waals surface area contributed by atoms with Crippen LogP contribution in [0.4, 0.5) is 0 Å². The van der Waals surface area contributed by atoms with E-state index in [0.29, 0.717) is 5.56 Å². The summed E-state index contributed by atoms with van der Waals surface area (Å²) in [5, 5.41) is 2.56. The molecule has 0 saturated heterocycles. The van der Waals surface area contributed by atoms with Gasteiger partial charge >= 0.3 is 0 Å². The van der Waals surface area contributed by atoms with Gasteiger partial charge in [-0.3, -0.25) is 9.36 Å². The summed E-state index contributed by atoms with van der Waals surface area (Å²) in [4.78, 5) is 16.7. The van der Waals surface area contributed by atoms with Gasteiger partial charge in [-0.15, -0.1) is 22.7 Å². The van der Waals surface area contributed by atoms with Crippen LogP contribution in [-0.4, -0.2) is 42.7 Å². The van der Waals surface area contributed by atoms with Gasteiger partial charge in [0.05, 0.1) is 28.5 Å². The van der Waals surface area contributed by atoms with Crippen molar-refractivity contribution in [2.75, 3.05) is 18.8 Å². The Kier molecular flexibility index (Phi) is 5.76. The third-order valence-electron chi connectivity index (χ3n) is 6.70. The fourth-order valence-electron chi connectivity index (χ4n) is 4.71. The number of fused-ring (bicyclic) bond motifs is 6. The lowest BCUT2D eigenvalue weighted by Crippen LogP contribution is -2.34. The molecule has 0 aliphatic heterocycles. The molecule has 0 aliphatic carbocycles. The van der Waals surface area contributed by atoms with E-state index in [4.69, 9.17) is 4.98 Å². The fourth-order valence-corrected chi connectivity index (χ4v) is 10.5. The maximum Gasteiger partial charge on any atom is 0.150 e. The molecule has 0 unspecified atom stereocenters. The van der Waals surface area contributed by atoms with Crippen LogP contribution < -0.4 is 4.50 Å². The van der Waals surface area contributed by atoms with Crippen molar-refractivity contribution in [1.29, 1.82) is 0 Å². The van der Waals surface area contributed by atoms with Gasteiger partial charge in [0.1, 0.15) is 12.1 Å². The maximum absolute atomic E-state index is 11.3. The summed E-state index contributed by atoms with van der Waals surface area (Å²) in [7, 11) is -2.39. The molecule has 3 heterocycles. The van der Waals surface area contributed by atoms with Gasteiger partial charge in [-0.25, -0.2) is 15.0 Å². The summed E-state index contributed by atoms with van der Waals surface area (Å²) in [5.41, 5.74) is 5.01. The van der Waals surface area contributed by atoms with Crippen LogP contribution in [0.2, 0.25) is 19.6 Å². The Labute approximate surface area is 228 Å². The minimum atomic E-state index is -1.52. The average molecular weight is 559 g/mol. The van der Waals surface area contributed by atoms with E-state index in [-0.39, 0.29) is 0 Å². The number of carbonyl (C=O) groups excluding carboxylic acids is 1. The highest BCUT2D eigenvalue weighted by Gasteiger charge is 2.27. The molecule has 0 N–H and O–H groups in total. The summed E-state index contributed by atoms with van der Waals surface area (Å²) in [5.74, 6) is 0.907. The summed E-state index contributed by atoms with van der Waals surface area (Å²) in [6.07, 6.45) is 8.01. The highest BCUT2D eigenvalue weighted by Crippen LogP contribution is 2.53. The topological polar surface area (TPSA) is 34.9 Å². The van der Waals surface area contributed by atoms with Crippen LogP contribution in [0.3, 0.4) is 0 Å². The Balaban J connectivity index is 1.82. The maximum atomic E-state index is 11.3. The fraction of sp³-hybridized carbons (Fsp3) is 0.200. The van der Waals surface area contributed by atoms with Crippen molar-refractivity contribution < 1.29 is 4.79 Å². The largest absolute Gasteiger partial charge is 0.298 e. The Hall–Kier alpha value is -2.71. The molecule has 0 aliphatic rings. The predicted octanol–water partition coefficient (Wildman–Crippen LogP) is 8.53. The zero-order valence-corrected chi connectivity index (χ0v) is 25.4. The second-order valence-corrected chi connectivity index (χ2v) is 23.2. The van der Waals surface area contributed by atoms with Crippen LogP contribution in [0.1, 0.15) is 10.4 Å². The van der Waals surface area contributed by atoms with Crippen molar-refractivity contribution in [1.82, 2.24) is 9.55 Å². The van der Waals surface area contributed by atoms with Gasteiger partial charge < -0.3 is 0 Å². The molecule has 0 bridgehead atoms. The second-order valence-electron chi connectivity index (χ2n) is 11.3. The molecule has 0 fully saturated rings. The number of benzene rings is 3. The SMILES string of the molecule is C[Si](C)(C)c1cc2c(s1)c1sc(S(C)(C)C)cc1c1nc(-c3ccc(C=O)cc3)n(-c3ccccc3)c21. The quantitative estimate of drug-likeness (QED) is 0.157. The second kappa shape index (κ2) is 8.66. The van der Waals surface area contributed by atoms with E-state index in [1.807, 2.05) is 46.9 Å². The molecular formula is C30H30N2OS3Si. The number of rotatable bonds is 5. The van der Waals surface area contributed by atoms with Gasteiger partial charge in [0.2, 0.25) is 0 Å². The first-order chi connectivity index (χ1) is 17.6. The van der Waals surface area contributed by atoms with Crippen molar-refractivity contribution in [3.05, 3.63) is 72.3 Å². The molecule has 0 saturated carbocycles. The van der Waals surface area contributed by atoms with Gasteiger partial charge in [-0.1, -0.05) is 62.1 Å². The van der Waals surface area contributed by atoms with Gasteiger partial charge in [-0.05, 0) is 47.5 Å². The summed E-state index contributed by atoms with van der Waals surface area (Å²) < 4.78 is 8.07. The highest BCUT2D eigenvalue weighted by atomic mass is 32.3.